The predicted molar refractivity (Wildman–Crippen MR) is 55.8 cm³/mol. The van der Waals surface area contributed by atoms with Gasteiger partial charge in [0.25, 0.3) is 0 Å². The summed E-state index contributed by atoms with van der Waals surface area (Å²) in [5.74, 6) is 1.22. The zero-order valence-electron chi connectivity index (χ0n) is 7.83. The molecule has 1 unspecified atom stereocenters. The minimum Gasteiger partial charge on any atom is -0.311 e. The lowest BCUT2D eigenvalue weighted by atomic mass is 10.2. The van der Waals surface area contributed by atoms with Gasteiger partial charge in [-0.15, -0.1) is 11.6 Å². The van der Waals surface area contributed by atoms with E-state index in [1.807, 2.05) is 24.4 Å². The van der Waals surface area contributed by atoms with E-state index in [1.54, 1.807) is 0 Å². The van der Waals surface area contributed by atoms with Crippen LogP contribution in [0.3, 0.4) is 0 Å². The number of aromatic nitrogens is 1. The summed E-state index contributed by atoms with van der Waals surface area (Å²) in [6.07, 6.45) is 1.81. The maximum atomic E-state index is 5.68. The van der Waals surface area contributed by atoms with Crippen LogP contribution in [0.15, 0.2) is 24.4 Å². The van der Waals surface area contributed by atoms with Crippen molar-refractivity contribution in [2.24, 2.45) is 5.92 Å². The van der Waals surface area contributed by atoms with E-state index in [2.05, 4.69) is 17.2 Å². The minimum atomic E-state index is 0.519. The Labute approximate surface area is 84.3 Å². The molecule has 3 heteroatoms. The van der Waals surface area contributed by atoms with Gasteiger partial charge in [-0.25, -0.2) is 0 Å². The fourth-order valence-electron chi connectivity index (χ4n) is 1.00. The molecule has 1 aromatic rings. The Balaban J connectivity index is 2.20. The van der Waals surface area contributed by atoms with Crippen LogP contribution >= 0.6 is 11.6 Å². The summed E-state index contributed by atoms with van der Waals surface area (Å²) in [7, 11) is 0. The Morgan fingerprint density at radius 3 is 3.00 bits per heavy atom. The van der Waals surface area contributed by atoms with E-state index in [0.29, 0.717) is 11.8 Å². The van der Waals surface area contributed by atoms with Crippen molar-refractivity contribution in [1.29, 1.82) is 0 Å². The Hall–Kier alpha value is -0.600. The zero-order valence-corrected chi connectivity index (χ0v) is 8.59. The second-order valence-electron chi connectivity index (χ2n) is 3.21. The maximum Gasteiger partial charge on any atom is 0.0541 e. The lowest BCUT2D eigenvalue weighted by molar-refractivity contribution is 0.552. The van der Waals surface area contributed by atoms with Crippen LogP contribution in [0.2, 0.25) is 0 Å². The lowest BCUT2D eigenvalue weighted by Gasteiger charge is -2.08. The number of halogens is 1. The average molecular weight is 199 g/mol. The fraction of sp³-hybridized carbons (Fsp3) is 0.500. The second kappa shape index (κ2) is 5.95. The number of pyridine rings is 1. The van der Waals surface area contributed by atoms with Gasteiger partial charge in [0.1, 0.15) is 0 Å². The number of rotatable bonds is 5. The quantitative estimate of drug-likeness (QED) is 0.733. The van der Waals surface area contributed by atoms with Crippen molar-refractivity contribution < 1.29 is 0 Å². The van der Waals surface area contributed by atoms with Crippen LogP contribution in [0.5, 0.6) is 0 Å². The van der Waals surface area contributed by atoms with Gasteiger partial charge < -0.3 is 5.32 Å². The van der Waals surface area contributed by atoms with Gasteiger partial charge >= 0.3 is 0 Å². The maximum absolute atomic E-state index is 5.68. The zero-order chi connectivity index (χ0) is 9.52. The molecule has 13 heavy (non-hydrogen) atoms. The Morgan fingerprint density at radius 2 is 2.38 bits per heavy atom. The molecule has 1 heterocycles. The van der Waals surface area contributed by atoms with Crippen molar-refractivity contribution >= 4 is 11.6 Å². The molecule has 0 spiro atoms. The monoisotopic (exact) mass is 198 g/mol. The van der Waals surface area contributed by atoms with Gasteiger partial charge in [-0.05, 0) is 24.6 Å². The lowest BCUT2D eigenvalue weighted by Crippen LogP contribution is -2.21. The molecule has 72 valence electrons. The summed E-state index contributed by atoms with van der Waals surface area (Å²) in [5.41, 5.74) is 1.07. The van der Waals surface area contributed by atoms with Crippen LogP contribution in [0.1, 0.15) is 12.6 Å². The molecule has 0 aliphatic rings. The Bertz CT molecular complexity index is 226. The van der Waals surface area contributed by atoms with Gasteiger partial charge in [0.05, 0.1) is 5.69 Å². The smallest absolute Gasteiger partial charge is 0.0541 e. The third kappa shape index (κ3) is 4.25. The molecule has 1 atom stereocenters. The number of hydrogen-bond donors (Lipinski definition) is 1. The van der Waals surface area contributed by atoms with Gasteiger partial charge in [-0.2, -0.15) is 0 Å². The van der Waals surface area contributed by atoms with E-state index in [-0.39, 0.29) is 0 Å². The third-order valence-electron chi connectivity index (χ3n) is 1.79. The van der Waals surface area contributed by atoms with Crippen LogP contribution in [0, 0.1) is 5.92 Å². The second-order valence-corrected chi connectivity index (χ2v) is 3.52. The van der Waals surface area contributed by atoms with E-state index in [1.165, 1.54) is 0 Å². The molecule has 0 saturated heterocycles. The number of nitrogens with zero attached hydrogens (tertiary/aromatic N) is 1. The van der Waals surface area contributed by atoms with Crippen LogP contribution in [0.25, 0.3) is 0 Å². The van der Waals surface area contributed by atoms with Crippen molar-refractivity contribution in [2.75, 3.05) is 12.4 Å². The molecule has 0 aliphatic carbocycles. The van der Waals surface area contributed by atoms with Crippen LogP contribution in [-0.4, -0.2) is 17.4 Å². The topological polar surface area (TPSA) is 24.9 Å². The van der Waals surface area contributed by atoms with Crippen LogP contribution in [-0.2, 0) is 6.54 Å². The predicted octanol–water partition coefficient (Wildman–Crippen LogP) is 2.05. The molecule has 0 aliphatic heterocycles. The summed E-state index contributed by atoms with van der Waals surface area (Å²) in [6, 6.07) is 5.93. The number of alkyl halides is 1. The Morgan fingerprint density at radius 1 is 1.54 bits per heavy atom. The van der Waals surface area contributed by atoms with Crippen molar-refractivity contribution in [2.45, 2.75) is 13.5 Å². The van der Waals surface area contributed by atoms with Crippen molar-refractivity contribution in [3.63, 3.8) is 0 Å². The van der Waals surface area contributed by atoms with E-state index < -0.39 is 0 Å². The molecule has 1 aromatic heterocycles. The highest BCUT2D eigenvalue weighted by molar-refractivity contribution is 6.18. The summed E-state index contributed by atoms with van der Waals surface area (Å²) in [4.78, 5) is 4.21. The van der Waals surface area contributed by atoms with E-state index >= 15 is 0 Å². The first-order chi connectivity index (χ1) is 6.33. The molecule has 0 radical (unpaired) electrons. The SMILES string of the molecule is CC(CCl)CNCc1ccccn1. The van der Waals surface area contributed by atoms with E-state index in [9.17, 15) is 0 Å². The van der Waals surface area contributed by atoms with Gasteiger partial charge in [-0.3, -0.25) is 4.98 Å². The molecule has 0 amide bonds. The summed E-state index contributed by atoms with van der Waals surface area (Å²) >= 11 is 5.68. The highest BCUT2D eigenvalue weighted by Crippen LogP contribution is 1.97. The molecular weight excluding hydrogens is 184 g/mol. The molecule has 0 bridgehead atoms. The standard InChI is InChI=1S/C10H15ClN2/c1-9(6-11)7-12-8-10-4-2-3-5-13-10/h2-5,9,12H,6-8H2,1H3. The summed E-state index contributed by atoms with van der Waals surface area (Å²) in [6.45, 7) is 3.89. The van der Waals surface area contributed by atoms with Gasteiger partial charge in [0.15, 0.2) is 0 Å². The van der Waals surface area contributed by atoms with E-state index in [4.69, 9.17) is 11.6 Å². The summed E-state index contributed by atoms with van der Waals surface area (Å²) in [5, 5.41) is 3.31. The first-order valence-electron chi connectivity index (χ1n) is 4.49. The molecule has 0 fully saturated rings. The highest BCUT2D eigenvalue weighted by Gasteiger charge is 1.98. The number of hydrogen-bond acceptors (Lipinski definition) is 2. The largest absolute Gasteiger partial charge is 0.311 e. The van der Waals surface area contributed by atoms with Gasteiger partial charge in [0.2, 0.25) is 0 Å². The van der Waals surface area contributed by atoms with Gasteiger partial charge in [-0.1, -0.05) is 13.0 Å². The normalized spacial score (nSPS) is 12.8. The molecule has 2 nitrogen and oxygen atoms in total. The molecule has 0 saturated carbocycles. The highest BCUT2D eigenvalue weighted by atomic mass is 35.5. The van der Waals surface area contributed by atoms with Crippen LogP contribution < -0.4 is 5.32 Å². The van der Waals surface area contributed by atoms with Gasteiger partial charge in [0, 0.05) is 18.6 Å². The average Bonchev–Trinajstić information content (AvgIpc) is 2.19. The van der Waals surface area contributed by atoms with Crippen molar-refractivity contribution in [3.8, 4) is 0 Å². The summed E-state index contributed by atoms with van der Waals surface area (Å²) < 4.78 is 0. The minimum absolute atomic E-state index is 0.519. The van der Waals surface area contributed by atoms with Crippen LogP contribution in [0.4, 0.5) is 0 Å². The van der Waals surface area contributed by atoms with Crippen molar-refractivity contribution in [1.82, 2.24) is 10.3 Å². The van der Waals surface area contributed by atoms with E-state index in [0.717, 1.165) is 18.8 Å². The molecular formula is C10H15ClN2. The fourth-order valence-corrected chi connectivity index (χ4v) is 1.11. The van der Waals surface area contributed by atoms with Crippen molar-refractivity contribution in [3.05, 3.63) is 30.1 Å². The molecule has 1 rings (SSSR count). The molecule has 0 aromatic carbocycles. The molecule has 1 N–H and O–H groups in total. The third-order valence-corrected chi connectivity index (χ3v) is 2.32. The first-order valence-corrected chi connectivity index (χ1v) is 5.03. The first kappa shape index (κ1) is 10.5. The number of nitrogens with one attached hydrogen (secondary N) is 1. The Kier molecular flexibility index (Phi) is 4.79.